The van der Waals surface area contributed by atoms with E-state index in [1.54, 1.807) is 26.8 Å². The van der Waals surface area contributed by atoms with Crippen molar-refractivity contribution in [1.82, 2.24) is 13.9 Å². The summed E-state index contributed by atoms with van der Waals surface area (Å²) in [6.45, 7) is 5.12. The highest BCUT2D eigenvalue weighted by atomic mass is 32.2. The number of amides is 1. The normalized spacial score (nSPS) is 12.1. The van der Waals surface area contributed by atoms with Crippen LogP contribution in [0.1, 0.15) is 26.3 Å². The van der Waals surface area contributed by atoms with Gasteiger partial charge in [0.05, 0.1) is 12.2 Å². The van der Waals surface area contributed by atoms with Crippen LogP contribution < -0.4 is 0 Å². The number of hydrogen-bond donors (Lipinski definition) is 0. The Balaban J connectivity index is 2.07. The van der Waals surface area contributed by atoms with Gasteiger partial charge in [-0.25, -0.2) is 21.6 Å². The van der Waals surface area contributed by atoms with Crippen LogP contribution in [0, 0.1) is 5.82 Å². The van der Waals surface area contributed by atoms with Gasteiger partial charge in [0.25, 0.3) is 15.8 Å². The molecule has 0 bridgehead atoms. The summed E-state index contributed by atoms with van der Waals surface area (Å²) in [5.41, 5.74) is -0.338. The molecule has 0 spiro atoms. The predicted octanol–water partition coefficient (Wildman–Crippen LogP) is 5.61. The van der Waals surface area contributed by atoms with Gasteiger partial charge in [-0.1, -0.05) is 23.9 Å². The molecule has 0 N–H and O–H groups in total. The molecule has 0 fully saturated rings. The molecule has 3 aromatic rings. The van der Waals surface area contributed by atoms with Crippen LogP contribution >= 0.6 is 11.8 Å². The molecule has 0 aliphatic heterocycles. The summed E-state index contributed by atoms with van der Waals surface area (Å²) in [5.74, 6) is -3.42. The standard InChI is InChI=1S/C23H24F3N3O4S2/c1-23(2,3)33-22(30)28(4)13-15-9-20(18-7-5-6-8-19(18)24)29(14-15)35(31,32)17-10-16(11-27-12-17)34-21(25)26/h5-12,14,21H,13H2,1-4H3. The number of pyridine rings is 1. The second-order valence-corrected chi connectivity index (χ2v) is 11.5. The van der Waals surface area contributed by atoms with Crippen molar-refractivity contribution < 1.29 is 31.1 Å². The van der Waals surface area contributed by atoms with E-state index in [2.05, 4.69) is 4.98 Å². The number of nitrogens with zero attached hydrogens (tertiary/aromatic N) is 3. The zero-order valence-corrected chi connectivity index (χ0v) is 21.0. The lowest BCUT2D eigenvalue weighted by Crippen LogP contribution is -2.33. The average molecular weight is 528 g/mol. The Morgan fingerprint density at radius 1 is 1.20 bits per heavy atom. The number of aromatic nitrogens is 2. The van der Waals surface area contributed by atoms with Crippen molar-refractivity contribution in [3.8, 4) is 11.3 Å². The zero-order chi connectivity index (χ0) is 26.0. The smallest absolute Gasteiger partial charge is 0.410 e. The highest BCUT2D eigenvalue weighted by Crippen LogP contribution is 2.31. The van der Waals surface area contributed by atoms with Crippen molar-refractivity contribution >= 4 is 27.9 Å². The monoisotopic (exact) mass is 527 g/mol. The van der Waals surface area contributed by atoms with E-state index in [-0.39, 0.29) is 39.4 Å². The summed E-state index contributed by atoms with van der Waals surface area (Å²) in [4.78, 5) is 17.0. The van der Waals surface area contributed by atoms with E-state index >= 15 is 0 Å². The van der Waals surface area contributed by atoms with Crippen molar-refractivity contribution in [3.63, 3.8) is 0 Å². The van der Waals surface area contributed by atoms with E-state index in [0.29, 0.717) is 5.56 Å². The minimum Gasteiger partial charge on any atom is -0.444 e. The van der Waals surface area contributed by atoms with E-state index < -0.39 is 33.3 Å². The Kier molecular flexibility index (Phi) is 7.85. The van der Waals surface area contributed by atoms with Crippen LogP contribution in [0.4, 0.5) is 18.0 Å². The topological polar surface area (TPSA) is 81.5 Å². The van der Waals surface area contributed by atoms with E-state index in [1.165, 1.54) is 42.4 Å². The molecular formula is C23H24F3N3O4S2. The molecule has 1 aromatic carbocycles. The molecule has 3 rings (SSSR count). The SMILES string of the molecule is CN(Cc1cc(-c2ccccc2F)n(S(=O)(=O)c2cncc(SC(F)F)c2)c1)C(=O)OC(C)(C)C. The molecule has 0 unspecified atom stereocenters. The maximum atomic E-state index is 14.6. The second kappa shape index (κ2) is 10.3. The lowest BCUT2D eigenvalue weighted by Gasteiger charge is -2.24. The molecule has 2 heterocycles. The Bertz CT molecular complexity index is 1320. The van der Waals surface area contributed by atoms with Crippen LogP contribution in [0.15, 0.2) is 64.8 Å². The van der Waals surface area contributed by atoms with Crippen molar-refractivity contribution in [3.05, 3.63) is 66.4 Å². The fraction of sp³-hybridized carbons (Fsp3) is 0.304. The number of rotatable bonds is 7. The van der Waals surface area contributed by atoms with Crippen molar-refractivity contribution in [2.24, 2.45) is 0 Å². The minimum absolute atomic E-state index is 0.00241. The van der Waals surface area contributed by atoms with Gasteiger partial charge >= 0.3 is 6.09 Å². The lowest BCUT2D eigenvalue weighted by atomic mass is 10.1. The molecule has 0 atom stereocenters. The molecule has 7 nitrogen and oxygen atoms in total. The van der Waals surface area contributed by atoms with E-state index in [9.17, 15) is 26.4 Å². The Hall–Kier alpha value is -2.99. The van der Waals surface area contributed by atoms with Crippen LogP contribution in [0.25, 0.3) is 11.3 Å². The number of alkyl halides is 2. The zero-order valence-electron chi connectivity index (χ0n) is 19.4. The second-order valence-electron chi connectivity index (χ2n) is 8.59. The maximum Gasteiger partial charge on any atom is 0.410 e. The van der Waals surface area contributed by atoms with Crippen LogP contribution in [-0.2, 0) is 21.3 Å². The number of ether oxygens (including phenoxy) is 1. The fourth-order valence-corrected chi connectivity index (χ4v) is 5.12. The molecule has 35 heavy (non-hydrogen) atoms. The summed E-state index contributed by atoms with van der Waals surface area (Å²) in [6, 6.07) is 8.15. The number of thioether (sulfide) groups is 1. The van der Waals surface area contributed by atoms with Crippen molar-refractivity contribution in [2.75, 3.05) is 7.05 Å². The van der Waals surface area contributed by atoms with E-state index in [4.69, 9.17) is 4.74 Å². The van der Waals surface area contributed by atoms with Crippen molar-refractivity contribution in [2.45, 2.75) is 48.5 Å². The number of benzene rings is 1. The Morgan fingerprint density at radius 3 is 2.51 bits per heavy atom. The predicted molar refractivity (Wildman–Crippen MR) is 126 cm³/mol. The average Bonchev–Trinajstić information content (AvgIpc) is 3.17. The molecule has 1 amide bonds. The quantitative estimate of drug-likeness (QED) is 0.372. The van der Waals surface area contributed by atoms with Gasteiger partial charge in [0.2, 0.25) is 0 Å². The third kappa shape index (κ3) is 6.57. The third-order valence-electron chi connectivity index (χ3n) is 4.59. The third-order valence-corrected chi connectivity index (χ3v) is 6.90. The van der Waals surface area contributed by atoms with Gasteiger partial charge in [-0.15, -0.1) is 0 Å². The Morgan fingerprint density at radius 2 is 1.89 bits per heavy atom. The molecule has 0 saturated carbocycles. The van der Waals surface area contributed by atoms with Crippen molar-refractivity contribution in [1.29, 1.82) is 0 Å². The summed E-state index contributed by atoms with van der Waals surface area (Å²) in [6.07, 6.45) is 2.79. The number of carbonyl (C=O) groups is 1. The van der Waals surface area contributed by atoms with Crippen LogP contribution in [0.3, 0.4) is 0 Å². The number of hydrogen-bond acceptors (Lipinski definition) is 6. The fourth-order valence-electron chi connectivity index (χ4n) is 3.15. The molecular weight excluding hydrogens is 503 g/mol. The highest BCUT2D eigenvalue weighted by Gasteiger charge is 2.26. The molecule has 0 saturated heterocycles. The highest BCUT2D eigenvalue weighted by molar-refractivity contribution is 7.99. The van der Waals surface area contributed by atoms with Gasteiger partial charge < -0.3 is 9.64 Å². The first-order valence-corrected chi connectivity index (χ1v) is 12.7. The van der Waals surface area contributed by atoms with Crippen LogP contribution in [-0.4, -0.2) is 46.8 Å². The van der Waals surface area contributed by atoms with Gasteiger partial charge in [0.15, 0.2) is 0 Å². The largest absolute Gasteiger partial charge is 0.444 e. The van der Waals surface area contributed by atoms with Gasteiger partial charge in [-0.3, -0.25) is 4.98 Å². The maximum absolute atomic E-state index is 14.6. The number of halogens is 3. The molecule has 0 radical (unpaired) electrons. The first-order valence-electron chi connectivity index (χ1n) is 10.3. The summed E-state index contributed by atoms with van der Waals surface area (Å²) in [5, 5.41) is 0. The molecule has 2 aromatic heterocycles. The van der Waals surface area contributed by atoms with Crippen LogP contribution in [0.2, 0.25) is 0 Å². The molecule has 188 valence electrons. The number of carbonyl (C=O) groups excluding carboxylic acids is 1. The van der Waals surface area contributed by atoms with Gasteiger partial charge in [0.1, 0.15) is 16.3 Å². The molecule has 12 heteroatoms. The lowest BCUT2D eigenvalue weighted by molar-refractivity contribution is 0.0285. The molecule has 0 aliphatic carbocycles. The summed E-state index contributed by atoms with van der Waals surface area (Å²) in [7, 11) is -2.88. The first kappa shape index (κ1) is 26.6. The summed E-state index contributed by atoms with van der Waals surface area (Å²) >= 11 is 0.161. The van der Waals surface area contributed by atoms with E-state index in [0.717, 1.165) is 22.4 Å². The van der Waals surface area contributed by atoms with Gasteiger partial charge in [0, 0.05) is 36.1 Å². The van der Waals surface area contributed by atoms with E-state index in [1.807, 2.05) is 0 Å². The summed E-state index contributed by atoms with van der Waals surface area (Å²) < 4.78 is 73.4. The first-order chi connectivity index (χ1) is 16.3. The molecule has 0 aliphatic rings. The van der Waals surface area contributed by atoms with Gasteiger partial charge in [-0.2, -0.15) is 8.78 Å². The minimum atomic E-state index is -4.36. The van der Waals surface area contributed by atoms with Gasteiger partial charge in [-0.05, 0) is 50.6 Å². The van der Waals surface area contributed by atoms with Crippen LogP contribution in [0.5, 0.6) is 0 Å². The Labute approximate surface area is 206 Å².